The Balaban J connectivity index is 1.08. The van der Waals surface area contributed by atoms with Crippen molar-refractivity contribution in [1.82, 2.24) is 15.1 Å². The third kappa shape index (κ3) is 3.66. The minimum atomic E-state index is -0.486. The maximum Gasteiger partial charge on any atom is 0.242 e. The molecule has 4 aliphatic rings. The monoisotopic (exact) mass is 456 g/mol. The first kappa shape index (κ1) is 21.0. The topological polar surface area (TPSA) is 90.0 Å². The molecule has 2 aliphatic heterocycles. The molecule has 32 heavy (non-hydrogen) atoms. The third-order valence-electron chi connectivity index (χ3n) is 7.12. The Kier molecular flexibility index (Phi) is 5.41. The molecule has 1 aromatic carbocycles. The summed E-state index contributed by atoms with van der Waals surface area (Å²) in [6.45, 7) is 2.03. The van der Waals surface area contributed by atoms with Crippen LogP contribution in [0.15, 0.2) is 36.4 Å². The molecule has 9 heteroatoms. The van der Waals surface area contributed by atoms with E-state index < -0.39 is 5.91 Å². The lowest BCUT2D eigenvalue weighted by Crippen LogP contribution is -2.52. The molecule has 1 N–H and O–H groups in total. The summed E-state index contributed by atoms with van der Waals surface area (Å²) >= 11 is 5.94. The number of hydrogen-bond acceptors (Lipinski definition) is 5. The Hall–Kier alpha value is -2.87. The van der Waals surface area contributed by atoms with Crippen LogP contribution in [0.25, 0.3) is 0 Å². The zero-order valence-electron chi connectivity index (χ0n) is 17.6. The van der Waals surface area contributed by atoms with Gasteiger partial charge in [-0.15, -0.1) is 0 Å². The standard InChI is InChI=1S/C23H25ClN4O4/c24-16-3-5-17(6-4-16)26-7-9-27(10-8-26)19(30)12-25-18(29)13-28-22(31)20-14-1-2-15(11-14)21(20)23(28)32/h1-6,14-15,20-21H,7-13H2,(H,25,29). The highest BCUT2D eigenvalue weighted by Gasteiger charge is 2.59. The van der Waals surface area contributed by atoms with Crippen LogP contribution in [-0.2, 0) is 19.2 Å². The number of carbonyl (C=O) groups is 4. The summed E-state index contributed by atoms with van der Waals surface area (Å²) in [5.74, 6) is -1.57. The van der Waals surface area contributed by atoms with E-state index in [0.717, 1.165) is 17.0 Å². The second kappa shape index (κ2) is 8.24. The molecule has 4 amide bonds. The van der Waals surface area contributed by atoms with Gasteiger partial charge in [-0.3, -0.25) is 24.1 Å². The lowest BCUT2D eigenvalue weighted by atomic mass is 9.85. The number of anilines is 1. The fraction of sp³-hybridized carbons (Fsp3) is 0.478. The van der Waals surface area contributed by atoms with Crippen molar-refractivity contribution in [3.63, 3.8) is 0 Å². The van der Waals surface area contributed by atoms with E-state index in [-0.39, 0.29) is 54.5 Å². The summed E-state index contributed by atoms with van der Waals surface area (Å²) in [4.78, 5) is 55.2. The highest BCUT2D eigenvalue weighted by molar-refractivity contribution is 6.30. The SMILES string of the molecule is O=C(CN1C(=O)C2C3C=CC(C3)C2C1=O)NCC(=O)N1CCN(c2ccc(Cl)cc2)CC1. The molecule has 168 valence electrons. The molecule has 0 radical (unpaired) electrons. The number of halogens is 1. The van der Waals surface area contributed by atoms with Gasteiger partial charge in [0.05, 0.1) is 18.4 Å². The Bertz CT molecular complexity index is 956. The Morgan fingerprint density at radius 1 is 0.938 bits per heavy atom. The van der Waals surface area contributed by atoms with Crippen molar-refractivity contribution in [2.45, 2.75) is 6.42 Å². The number of piperazine rings is 1. The maximum absolute atomic E-state index is 12.7. The molecule has 3 fully saturated rings. The summed E-state index contributed by atoms with van der Waals surface area (Å²) in [7, 11) is 0. The van der Waals surface area contributed by atoms with Gasteiger partial charge in [0.1, 0.15) is 6.54 Å². The van der Waals surface area contributed by atoms with Crippen LogP contribution in [0, 0.1) is 23.7 Å². The van der Waals surface area contributed by atoms with E-state index in [1.807, 2.05) is 36.4 Å². The predicted molar refractivity (Wildman–Crippen MR) is 118 cm³/mol. The summed E-state index contributed by atoms with van der Waals surface area (Å²) in [5.41, 5.74) is 1.06. The smallest absolute Gasteiger partial charge is 0.242 e. The highest BCUT2D eigenvalue weighted by Crippen LogP contribution is 2.52. The Morgan fingerprint density at radius 3 is 2.12 bits per heavy atom. The van der Waals surface area contributed by atoms with Crippen molar-refractivity contribution < 1.29 is 19.2 Å². The number of likely N-dealkylation sites (tertiary alicyclic amines) is 1. The highest BCUT2D eigenvalue weighted by atomic mass is 35.5. The van der Waals surface area contributed by atoms with Crippen LogP contribution in [0.3, 0.4) is 0 Å². The van der Waals surface area contributed by atoms with Gasteiger partial charge in [0, 0.05) is 36.9 Å². The number of hydrogen-bond donors (Lipinski definition) is 1. The molecule has 2 aliphatic carbocycles. The molecule has 1 saturated carbocycles. The van der Waals surface area contributed by atoms with E-state index in [4.69, 9.17) is 11.6 Å². The fourth-order valence-corrected chi connectivity index (χ4v) is 5.60. The first-order valence-electron chi connectivity index (χ1n) is 11.0. The lowest BCUT2D eigenvalue weighted by Gasteiger charge is -2.36. The number of benzene rings is 1. The van der Waals surface area contributed by atoms with Gasteiger partial charge in [-0.1, -0.05) is 23.8 Å². The van der Waals surface area contributed by atoms with Crippen molar-refractivity contribution in [3.8, 4) is 0 Å². The minimum Gasteiger partial charge on any atom is -0.368 e. The predicted octanol–water partition coefficient (Wildman–Crippen LogP) is 0.912. The second-order valence-corrected chi connectivity index (χ2v) is 9.32. The number of rotatable bonds is 5. The average molecular weight is 457 g/mol. The van der Waals surface area contributed by atoms with E-state index in [2.05, 4.69) is 10.2 Å². The van der Waals surface area contributed by atoms with Crippen LogP contribution in [0.2, 0.25) is 5.02 Å². The van der Waals surface area contributed by atoms with E-state index in [1.165, 1.54) is 0 Å². The van der Waals surface area contributed by atoms with Gasteiger partial charge in [-0.2, -0.15) is 0 Å². The van der Waals surface area contributed by atoms with Crippen molar-refractivity contribution in [2.24, 2.45) is 23.7 Å². The normalized spacial score (nSPS) is 28.5. The van der Waals surface area contributed by atoms with E-state index >= 15 is 0 Å². The molecular formula is C23H25ClN4O4. The number of nitrogens with zero attached hydrogens (tertiary/aromatic N) is 3. The number of allylic oxidation sites excluding steroid dienone is 2. The van der Waals surface area contributed by atoms with Crippen LogP contribution >= 0.6 is 11.6 Å². The average Bonchev–Trinajstić information content (AvgIpc) is 3.48. The molecule has 0 aromatic heterocycles. The molecule has 2 heterocycles. The summed E-state index contributed by atoms with van der Waals surface area (Å²) in [6, 6.07) is 7.59. The molecule has 2 bridgehead atoms. The van der Waals surface area contributed by atoms with Gasteiger partial charge >= 0.3 is 0 Å². The number of fused-ring (bicyclic) bond motifs is 5. The second-order valence-electron chi connectivity index (χ2n) is 8.88. The molecule has 5 rings (SSSR count). The van der Waals surface area contributed by atoms with Crippen LogP contribution in [-0.4, -0.2) is 72.7 Å². The minimum absolute atomic E-state index is 0.114. The fourth-order valence-electron chi connectivity index (χ4n) is 5.47. The third-order valence-corrected chi connectivity index (χ3v) is 7.38. The Morgan fingerprint density at radius 2 is 1.53 bits per heavy atom. The van der Waals surface area contributed by atoms with Gasteiger partial charge in [-0.25, -0.2) is 0 Å². The molecule has 4 unspecified atom stereocenters. The molecular weight excluding hydrogens is 432 g/mol. The van der Waals surface area contributed by atoms with E-state index in [0.29, 0.717) is 31.2 Å². The summed E-state index contributed by atoms with van der Waals surface area (Å²) in [6.07, 6.45) is 4.89. The molecule has 1 aromatic rings. The molecule has 8 nitrogen and oxygen atoms in total. The van der Waals surface area contributed by atoms with Gasteiger partial charge in [0.25, 0.3) is 0 Å². The van der Waals surface area contributed by atoms with E-state index in [9.17, 15) is 19.2 Å². The van der Waals surface area contributed by atoms with Crippen molar-refractivity contribution in [1.29, 1.82) is 0 Å². The van der Waals surface area contributed by atoms with E-state index in [1.54, 1.807) is 4.90 Å². The molecule has 0 spiro atoms. The number of carbonyl (C=O) groups excluding carboxylic acids is 4. The number of imide groups is 1. The van der Waals surface area contributed by atoms with Crippen LogP contribution < -0.4 is 10.2 Å². The van der Waals surface area contributed by atoms with Crippen LogP contribution in [0.5, 0.6) is 0 Å². The van der Waals surface area contributed by atoms with Gasteiger partial charge in [0.15, 0.2) is 0 Å². The number of amides is 4. The Labute approximate surface area is 191 Å². The first-order valence-corrected chi connectivity index (χ1v) is 11.4. The van der Waals surface area contributed by atoms with Gasteiger partial charge in [-0.05, 0) is 42.5 Å². The van der Waals surface area contributed by atoms with Gasteiger partial charge < -0.3 is 15.1 Å². The summed E-state index contributed by atoms with van der Waals surface area (Å²) < 4.78 is 0. The van der Waals surface area contributed by atoms with Gasteiger partial charge in [0.2, 0.25) is 23.6 Å². The van der Waals surface area contributed by atoms with Crippen molar-refractivity contribution in [3.05, 3.63) is 41.4 Å². The molecule has 2 saturated heterocycles. The quantitative estimate of drug-likeness (QED) is 0.525. The largest absolute Gasteiger partial charge is 0.368 e. The van der Waals surface area contributed by atoms with Crippen molar-refractivity contribution in [2.75, 3.05) is 44.2 Å². The van der Waals surface area contributed by atoms with Crippen LogP contribution in [0.4, 0.5) is 5.69 Å². The number of nitrogens with one attached hydrogen (secondary N) is 1. The van der Waals surface area contributed by atoms with Crippen LogP contribution in [0.1, 0.15) is 6.42 Å². The first-order chi connectivity index (χ1) is 15.4. The zero-order valence-corrected chi connectivity index (χ0v) is 18.3. The summed E-state index contributed by atoms with van der Waals surface area (Å²) in [5, 5.41) is 3.26. The molecule has 4 atom stereocenters. The maximum atomic E-state index is 12.7. The lowest BCUT2D eigenvalue weighted by molar-refractivity contribution is -0.144. The zero-order chi connectivity index (χ0) is 22.4. The van der Waals surface area contributed by atoms with Crippen molar-refractivity contribution >= 4 is 40.9 Å².